The van der Waals surface area contributed by atoms with E-state index in [4.69, 9.17) is 16.3 Å². The van der Waals surface area contributed by atoms with Crippen LogP contribution in [-0.2, 0) is 26.1 Å². The Morgan fingerprint density at radius 3 is 2.66 bits per heavy atom. The Labute approximate surface area is 194 Å². The largest absolute Gasteiger partial charge is 0.378 e. The number of aryl methyl sites for hydroxylation is 2. The molecule has 8 nitrogen and oxygen atoms in total. The molecule has 2 heterocycles. The number of anilines is 1. The van der Waals surface area contributed by atoms with Crippen molar-refractivity contribution in [3.63, 3.8) is 0 Å². The van der Waals surface area contributed by atoms with Crippen LogP contribution in [0.15, 0.2) is 46.1 Å². The van der Waals surface area contributed by atoms with E-state index in [1.54, 1.807) is 36.1 Å². The van der Waals surface area contributed by atoms with Crippen LogP contribution in [0.25, 0.3) is 10.2 Å². The van der Waals surface area contributed by atoms with Crippen LogP contribution >= 0.6 is 22.9 Å². The second-order valence-electron chi connectivity index (χ2n) is 7.46. The first-order valence-corrected chi connectivity index (χ1v) is 12.7. The number of hydrogen-bond acceptors (Lipinski definition) is 6. The molecule has 1 saturated heterocycles. The number of rotatable bonds is 6. The summed E-state index contributed by atoms with van der Waals surface area (Å²) in [6.45, 7) is 4.15. The SMILES string of the molecule is Cc1cc(Cl)ccc1NS(=O)(=O)c1ccc2c(c1)sc(=O)n2CCC(=O)N1CCOCC1. The maximum atomic E-state index is 12.9. The lowest BCUT2D eigenvalue weighted by Gasteiger charge is -2.26. The number of carbonyl (C=O) groups excluding carboxylic acids is 1. The number of hydrogen-bond donors (Lipinski definition) is 1. The quantitative estimate of drug-likeness (QED) is 0.566. The molecule has 0 saturated carbocycles. The van der Waals surface area contributed by atoms with Gasteiger partial charge in [0, 0.05) is 31.1 Å². The molecule has 1 aliphatic heterocycles. The average Bonchev–Trinajstić information content (AvgIpc) is 3.08. The normalized spacial score (nSPS) is 14.6. The number of aromatic nitrogens is 1. The molecule has 1 aliphatic rings. The van der Waals surface area contributed by atoms with Crippen molar-refractivity contribution in [2.75, 3.05) is 31.0 Å². The van der Waals surface area contributed by atoms with Gasteiger partial charge in [-0.05, 0) is 48.9 Å². The van der Waals surface area contributed by atoms with Crippen LogP contribution in [0.1, 0.15) is 12.0 Å². The van der Waals surface area contributed by atoms with Crippen LogP contribution in [-0.4, -0.2) is 50.1 Å². The fourth-order valence-corrected chi connectivity index (χ4v) is 5.96. The molecule has 11 heteroatoms. The summed E-state index contributed by atoms with van der Waals surface area (Å²) < 4.78 is 35.6. The second kappa shape index (κ2) is 9.22. The maximum absolute atomic E-state index is 12.9. The number of thiazole rings is 1. The zero-order chi connectivity index (χ0) is 22.9. The fourth-order valence-electron chi connectivity index (χ4n) is 3.55. The van der Waals surface area contributed by atoms with Gasteiger partial charge >= 0.3 is 4.87 Å². The molecule has 0 unspecified atom stereocenters. The highest BCUT2D eigenvalue weighted by Crippen LogP contribution is 2.26. The Kier molecular flexibility index (Phi) is 6.57. The van der Waals surface area contributed by atoms with Crippen molar-refractivity contribution in [1.82, 2.24) is 9.47 Å². The highest BCUT2D eigenvalue weighted by atomic mass is 35.5. The Balaban J connectivity index is 1.54. The first-order valence-electron chi connectivity index (χ1n) is 10.0. The van der Waals surface area contributed by atoms with Gasteiger partial charge in [-0.2, -0.15) is 0 Å². The number of amides is 1. The van der Waals surface area contributed by atoms with Crippen molar-refractivity contribution >= 4 is 54.8 Å². The number of halogens is 1. The molecular formula is C21H22ClN3O5S2. The Morgan fingerprint density at radius 1 is 1.19 bits per heavy atom. The predicted molar refractivity (Wildman–Crippen MR) is 125 cm³/mol. The zero-order valence-electron chi connectivity index (χ0n) is 17.3. The van der Waals surface area contributed by atoms with Gasteiger partial charge < -0.3 is 9.64 Å². The van der Waals surface area contributed by atoms with Gasteiger partial charge in [-0.15, -0.1) is 0 Å². The molecule has 2 aromatic carbocycles. The van der Waals surface area contributed by atoms with Crippen LogP contribution in [0, 0.1) is 6.92 Å². The van der Waals surface area contributed by atoms with Crippen LogP contribution in [0.3, 0.4) is 0 Å². The number of fused-ring (bicyclic) bond motifs is 1. The summed E-state index contributed by atoms with van der Waals surface area (Å²) in [6, 6.07) is 9.44. The summed E-state index contributed by atoms with van der Waals surface area (Å²) in [7, 11) is -3.85. The third kappa shape index (κ3) is 4.83. The zero-order valence-corrected chi connectivity index (χ0v) is 19.7. The maximum Gasteiger partial charge on any atom is 0.308 e. The van der Waals surface area contributed by atoms with Gasteiger partial charge in [-0.25, -0.2) is 8.42 Å². The molecule has 4 rings (SSSR count). The molecule has 32 heavy (non-hydrogen) atoms. The molecule has 0 spiro atoms. The minimum Gasteiger partial charge on any atom is -0.378 e. The van der Waals surface area contributed by atoms with Gasteiger partial charge in [0.1, 0.15) is 0 Å². The number of sulfonamides is 1. The molecule has 1 fully saturated rings. The van der Waals surface area contributed by atoms with Crippen molar-refractivity contribution in [3.05, 3.63) is 56.7 Å². The van der Waals surface area contributed by atoms with Gasteiger partial charge in [-0.3, -0.25) is 18.9 Å². The lowest BCUT2D eigenvalue weighted by Crippen LogP contribution is -2.41. The van der Waals surface area contributed by atoms with E-state index in [0.29, 0.717) is 52.8 Å². The number of nitrogens with one attached hydrogen (secondary N) is 1. The monoisotopic (exact) mass is 495 g/mol. The Bertz CT molecular complexity index is 1330. The molecule has 170 valence electrons. The molecule has 1 aromatic heterocycles. The molecule has 0 radical (unpaired) electrons. The van der Waals surface area contributed by atoms with Crippen molar-refractivity contribution in [1.29, 1.82) is 0 Å². The number of nitrogens with zero attached hydrogens (tertiary/aromatic N) is 2. The molecule has 0 aliphatic carbocycles. The molecule has 3 aromatic rings. The highest BCUT2D eigenvalue weighted by molar-refractivity contribution is 7.92. The van der Waals surface area contributed by atoms with Gasteiger partial charge in [0.2, 0.25) is 5.91 Å². The second-order valence-corrected chi connectivity index (χ2v) is 10.6. The summed E-state index contributed by atoms with van der Waals surface area (Å²) in [5.41, 5.74) is 1.74. The van der Waals surface area contributed by atoms with E-state index in [1.165, 1.54) is 16.7 Å². The van der Waals surface area contributed by atoms with E-state index in [1.807, 2.05) is 0 Å². The first kappa shape index (κ1) is 22.8. The van der Waals surface area contributed by atoms with E-state index >= 15 is 0 Å². The Hall–Kier alpha value is -2.40. The first-order chi connectivity index (χ1) is 15.2. The van der Waals surface area contributed by atoms with Crippen LogP contribution in [0.4, 0.5) is 5.69 Å². The van der Waals surface area contributed by atoms with Gasteiger partial charge in [0.15, 0.2) is 0 Å². The van der Waals surface area contributed by atoms with Gasteiger partial charge in [0.25, 0.3) is 10.0 Å². The Morgan fingerprint density at radius 2 is 1.94 bits per heavy atom. The topological polar surface area (TPSA) is 97.7 Å². The molecule has 0 bridgehead atoms. The lowest BCUT2D eigenvalue weighted by molar-refractivity contribution is -0.135. The van der Waals surface area contributed by atoms with Gasteiger partial charge in [0.05, 0.1) is 34.0 Å². The standard InChI is InChI=1S/C21H22ClN3O5S2/c1-14-12-15(22)2-4-17(14)23-32(28,29)16-3-5-18-19(13-16)31-21(27)25(18)7-6-20(26)24-8-10-30-11-9-24/h2-5,12-13,23H,6-11H2,1H3. The predicted octanol–water partition coefficient (Wildman–Crippen LogP) is 3.07. The van der Waals surface area contributed by atoms with Crippen LogP contribution in [0.2, 0.25) is 5.02 Å². The molecule has 1 amide bonds. The summed E-state index contributed by atoms with van der Waals surface area (Å²) in [4.78, 5) is 26.5. The number of morpholine rings is 1. The molecule has 0 atom stereocenters. The molecular weight excluding hydrogens is 474 g/mol. The van der Waals surface area contributed by atoms with Crippen molar-refractivity contribution in [2.45, 2.75) is 24.8 Å². The smallest absolute Gasteiger partial charge is 0.308 e. The van der Waals surface area contributed by atoms with E-state index in [0.717, 1.165) is 11.3 Å². The van der Waals surface area contributed by atoms with Crippen LogP contribution in [0.5, 0.6) is 0 Å². The van der Waals surface area contributed by atoms with Gasteiger partial charge in [-0.1, -0.05) is 22.9 Å². The minimum absolute atomic E-state index is 0.0266. The summed E-state index contributed by atoms with van der Waals surface area (Å²) >= 11 is 6.90. The average molecular weight is 496 g/mol. The lowest BCUT2D eigenvalue weighted by atomic mass is 10.2. The third-order valence-electron chi connectivity index (χ3n) is 5.30. The van der Waals surface area contributed by atoms with E-state index in [-0.39, 0.29) is 28.6 Å². The number of ether oxygens (including phenoxy) is 1. The van der Waals surface area contributed by atoms with Crippen LogP contribution < -0.4 is 9.60 Å². The minimum atomic E-state index is -3.85. The number of benzene rings is 2. The summed E-state index contributed by atoms with van der Waals surface area (Å²) in [5.74, 6) is -0.0266. The fraction of sp³-hybridized carbons (Fsp3) is 0.333. The van der Waals surface area contributed by atoms with E-state index in [9.17, 15) is 18.0 Å². The van der Waals surface area contributed by atoms with Crippen molar-refractivity contribution in [3.8, 4) is 0 Å². The molecule has 1 N–H and O–H groups in total. The summed E-state index contributed by atoms with van der Waals surface area (Å²) in [6.07, 6.45) is 0.198. The van der Waals surface area contributed by atoms with E-state index < -0.39 is 10.0 Å². The highest BCUT2D eigenvalue weighted by Gasteiger charge is 2.20. The van der Waals surface area contributed by atoms with Crippen molar-refractivity contribution in [2.24, 2.45) is 0 Å². The van der Waals surface area contributed by atoms with Crippen molar-refractivity contribution < 1.29 is 17.9 Å². The number of carbonyl (C=O) groups is 1. The summed E-state index contributed by atoms with van der Waals surface area (Å²) in [5, 5.41) is 0.519. The van der Waals surface area contributed by atoms with E-state index in [2.05, 4.69) is 4.72 Å². The third-order valence-corrected chi connectivity index (χ3v) is 7.84.